The Morgan fingerprint density at radius 1 is 1.15 bits per heavy atom. The summed E-state index contributed by atoms with van der Waals surface area (Å²) in [5.74, 6) is -5.78. The fourth-order valence-corrected chi connectivity index (χ4v) is 1.46. The van der Waals surface area contributed by atoms with Gasteiger partial charge in [0.2, 0.25) is 5.72 Å². The molecule has 0 saturated carbocycles. The number of halogens is 6. The summed E-state index contributed by atoms with van der Waals surface area (Å²) in [4.78, 5) is 22.7. The fraction of sp³-hybridized carbons (Fsp3) is 0.778. The Morgan fingerprint density at radius 3 is 1.95 bits per heavy atom. The second kappa shape index (κ2) is 4.79. The summed E-state index contributed by atoms with van der Waals surface area (Å²) in [6.07, 6.45) is -9.87. The van der Waals surface area contributed by atoms with Crippen LogP contribution >= 0.6 is 0 Å². The van der Waals surface area contributed by atoms with Crippen molar-refractivity contribution in [3.8, 4) is 0 Å². The van der Waals surface area contributed by atoms with Gasteiger partial charge < -0.3 is 9.64 Å². The molecule has 1 rings (SSSR count). The zero-order valence-electron chi connectivity index (χ0n) is 10.0. The summed E-state index contributed by atoms with van der Waals surface area (Å²) in [5, 5.41) is 0. The SMILES string of the molecule is C[C@@](N)(OC(=O)C(F)(F)F)C(=O)N1CC(C(F)(F)F)C1. The van der Waals surface area contributed by atoms with Crippen LogP contribution in [0.5, 0.6) is 0 Å². The molecule has 1 saturated heterocycles. The van der Waals surface area contributed by atoms with Gasteiger partial charge in [0.25, 0.3) is 5.91 Å². The van der Waals surface area contributed by atoms with E-state index in [4.69, 9.17) is 5.73 Å². The maximum Gasteiger partial charge on any atom is 0.491 e. The Labute approximate surface area is 108 Å². The molecule has 0 aliphatic carbocycles. The molecule has 0 aromatic carbocycles. The topological polar surface area (TPSA) is 72.6 Å². The first-order chi connectivity index (χ1) is 8.75. The Kier molecular flexibility index (Phi) is 3.96. The average molecular weight is 308 g/mol. The number of nitrogens with two attached hydrogens (primary N) is 1. The number of carbonyl (C=O) groups excluding carboxylic acids is 2. The molecule has 0 spiro atoms. The second-order valence-corrected chi connectivity index (χ2v) is 4.44. The van der Waals surface area contributed by atoms with Crippen LogP contribution in [0.3, 0.4) is 0 Å². The highest BCUT2D eigenvalue weighted by atomic mass is 19.4. The molecule has 1 heterocycles. The van der Waals surface area contributed by atoms with Crippen molar-refractivity contribution in [2.75, 3.05) is 13.1 Å². The van der Waals surface area contributed by atoms with Gasteiger partial charge >= 0.3 is 18.3 Å². The molecular formula is C9H10F6N2O3. The van der Waals surface area contributed by atoms with Crippen molar-refractivity contribution in [2.45, 2.75) is 25.0 Å². The smallest absolute Gasteiger partial charge is 0.428 e. The number of hydrogen-bond acceptors (Lipinski definition) is 4. The highest BCUT2D eigenvalue weighted by Crippen LogP contribution is 2.34. The van der Waals surface area contributed by atoms with E-state index in [9.17, 15) is 35.9 Å². The molecule has 1 atom stereocenters. The van der Waals surface area contributed by atoms with Crippen molar-refractivity contribution in [1.29, 1.82) is 0 Å². The van der Waals surface area contributed by atoms with Gasteiger partial charge in [0, 0.05) is 13.1 Å². The third-order valence-corrected chi connectivity index (χ3v) is 2.59. The molecule has 0 unspecified atom stereocenters. The lowest BCUT2D eigenvalue weighted by molar-refractivity contribution is -0.225. The van der Waals surface area contributed by atoms with Crippen LogP contribution in [-0.2, 0) is 14.3 Å². The van der Waals surface area contributed by atoms with Crippen LogP contribution in [0.4, 0.5) is 26.3 Å². The van der Waals surface area contributed by atoms with Crippen LogP contribution in [0.25, 0.3) is 0 Å². The Bertz CT molecular complexity index is 411. The maximum absolute atomic E-state index is 12.2. The standard InChI is InChI=1S/C9H10F6N2O3/c1-7(16,20-6(19)9(13,14)15)5(18)17-2-4(3-17)8(10,11)12/h4H,2-3,16H2,1H3/t7-/m1/s1. The molecule has 0 aromatic heterocycles. The molecule has 20 heavy (non-hydrogen) atoms. The van der Waals surface area contributed by atoms with Crippen molar-refractivity contribution in [1.82, 2.24) is 4.90 Å². The average Bonchev–Trinajstić information content (AvgIpc) is 2.09. The summed E-state index contributed by atoms with van der Waals surface area (Å²) >= 11 is 0. The first-order valence-electron chi connectivity index (χ1n) is 5.20. The van der Waals surface area contributed by atoms with E-state index in [1.807, 2.05) is 0 Å². The number of likely N-dealkylation sites (tertiary alicyclic amines) is 1. The summed E-state index contributed by atoms with van der Waals surface area (Å²) < 4.78 is 76.2. The third-order valence-electron chi connectivity index (χ3n) is 2.59. The lowest BCUT2D eigenvalue weighted by atomic mass is 9.98. The van der Waals surface area contributed by atoms with Gasteiger partial charge in [0.15, 0.2) is 0 Å². The minimum Gasteiger partial charge on any atom is -0.428 e. The third kappa shape index (κ3) is 3.52. The van der Waals surface area contributed by atoms with Crippen molar-refractivity contribution in [2.24, 2.45) is 11.7 Å². The summed E-state index contributed by atoms with van der Waals surface area (Å²) in [7, 11) is 0. The minimum absolute atomic E-state index is 0.571. The molecule has 116 valence electrons. The first kappa shape index (κ1) is 16.5. The van der Waals surface area contributed by atoms with Gasteiger partial charge in [0.1, 0.15) is 0 Å². The van der Waals surface area contributed by atoms with Crippen molar-refractivity contribution in [3.05, 3.63) is 0 Å². The van der Waals surface area contributed by atoms with Crippen LogP contribution in [0.1, 0.15) is 6.92 Å². The number of ether oxygens (including phenoxy) is 1. The molecular weight excluding hydrogens is 298 g/mol. The number of esters is 1. The molecule has 1 amide bonds. The lowest BCUT2D eigenvalue weighted by Gasteiger charge is -2.42. The highest BCUT2D eigenvalue weighted by molar-refractivity contribution is 5.88. The van der Waals surface area contributed by atoms with E-state index in [1.165, 1.54) is 0 Å². The van der Waals surface area contributed by atoms with Gasteiger partial charge in [-0.3, -0.25) is 10.5 Å². The van der Waals surface area contributed by atoms with E-state index < -0.39 is 49.0 Å². The molecule has 0 bridgehead atoms. The van der Waals surface area contributed by atoms with Crippen LogP contribution in [0.2, 0.25) is 0 Å². The molecule has 11 heteroatoms. The molecule has 2 N–H and O–H groups in total. The Balaban J connectivity index is 2.62. The number of rotatable bonds is 2. The summed E-state index contributed by atoms with van der Waals surface area (Å²) in [5.41, 5.74) is 2.43. The molecule has 5 nitrogen and oxygen atoms in total. The van der Waals surface area contributed by atoms with Gasteiger partial charge in [-0.15, -0.1) is 0 Å². The van der Waals surface area contributed by atoms with Crippen molar-refractivity contribution < 1.29 is 40.7 Å². The molecule has 1 aliphatic rings. The lowest BCUT2D eigenvalue weighted by Crippen LogP contribution is -2.64. The fourth-order valence-electron chi connectivity index (χ4n) is 1.46. The van der Waals surface area contributed by atoms with Crippen LogP contribution in [0.15, 0.2) is 0 Å². The largest absolute Gasteiger partial charge is 0.491 e. The Hall–Kier alpha value is -1.52. The summed E-state index contributed by atoms with van der Waals surface area (Å²) in [6, 6.07) is 0. The number of carbonyl (C=O) groups is 2. The Morgan fingerprint density at radius 2 is 1.60 bits per heavy atom. The van der Waals surface area contributed by atoms with Crippen LogP contribution in [0, 0.1) is 5.92 Å². The number of hydrogen-bond donors (Lipinski definition) is 1. The molecule has 1 aliphatic heterocycles. The molecule has 1 fully saturated rings. The maximum atomic E-state index is 12.2. The van der Waals surface area contributed by atoms with E-state index in [0.29, 0.717) is 11.8 Å². The first-order valence-corrected chi connectivity index (χ1v) is 5.20. The normalized spacial score (nSPS) is 20.1. The minimum atomic E-state index is -5.36. The van der Waals surface area contributed by atoms with Crippen molar-refractivity contribution >= 4 is 11.9 Å². The predicted molar refractivity (Wildman–Crippen MR) is 50.9 cm³/mol. The van der Waals surface area contributed by atoms with Crippen LogP contribution in [-0.4, -0.2) is 47.9 Å². The van der Waals surface area contributed by atoms with E-state index in [-0.39, 0.29) is 0 Å². The van der Waals surface area contributed by atoms with Gasteiger partial charge in [-0.1, -0.05) is 0 Å². The zero-order valence-corrected chi connectivity index (χ0v) is 10.0. The molecule has 0 radical (unpaired) electrons. The predicted octanol–water partition coefficient (Wildman–Crippen LogP) is 0.787. The van der Waals surface area contributed by atoms with E-state index >= 15 is 0 Å². The number of amides is 1. The highest BCUT2D eigenvalue weighted by Gasteiger charge is 2.53. The van der Waals surface area contributed by atoms with Gasteiger partial charge in [0.05, 0.1) is 5.92 Å². The number of nitrogens with zero attached hydrogens (tertiary/aromatic N) is 1. The van der Waals surface area contributed by atoms with Gasteiger partial charge in [-0.2, -0.15) is 26.3 Å². The molecule has 0 aromatic rings. The van der Waals surface area contributed by atoms with Gasteiger partial charge in [-0.25, -0.2) is 4.79 Å². The van der Waals surface area contributed by atoms with E-state index in [1.54, 1.807) is 0 Å². The van der Waals surface area contributed by atoms with E-state index in [2.05, 4.69) is 4.74 Å². The summed E-state index contributed by atoms with van der Waals surface area (Å²) in [6.45, 7) is -0.808. The zero-order chi connectivity index (χ0) is 15.9. The van der Waals surface area contributed by atoms with Crippen molar-refractivity contribution in [3.63, 3.8) is 0 Å². The number of alkyl halides is 6. The van der Waals surface area contributed by atoms with Gasteiger partial charge in [-0.05, 0) is 6.92 Å². The van der Waals surface area contributed by atoms with Crippen LogP contribution < -0.4 is 5.73 Å². The monoisotopic (exact) mass is 308 g/mol. The quantitative estimate of drug-likeness (QED) is 0.465. The second-order valence-electron chi connectivity index (χ2n) is 4.44. The van der Waals surface area contributed by atoms with E-state index in [0.717, 1.165) is 0 Å².